The molecular formula is C16H15N7S. The molecule has 0 bridgehead atoms. The zero-order valence-corrected chi connectivity index (χ0v) is 13.7. The molecule has 0 aliphatic heterocycles. The van der Waals surface area contributed by atoms with Gasteiger partial charge in [0.05, 0.1) is 0 Å². The highest BCUT2D eigenvalue weighted by Gasteiger charge is 2.10. The number of benzene rings is 1. The van der Waals surface area contributed by atoms with Gasteiger partial charge in [-0.2, -0.15) is 5.10 Å². The van der Waals surface area contributed by atoms with E-state index in [4.69, 9.17) is 5.73 Å². The molecule has 1 aromatic carbocycles. The number of hydrogen-bond acceptors (Lipinski definition) is 6. The van der Waals surface area contributed by atoms with Gasteiger partial charge in [-0.3, -0.25) is 5.10 Å². The lowest BCUT2D eigenvalue weighted by Crippen LogP contribution is -2.02. The predicted molar refractivity (Wildman–Crippen MR) is 94.6 cm³/mol. The first-order valence-corrected chi connectivity index (χ1v) is 8.17. The van der Waals surface area contributed by atoms with Crippen LogP contribution in [0.2, 0.25) is 0 Å². The molecule has 24 heavy (non-hydrogen) atoms. The number of H-pyrrole nitrogens is 1. The Morgan fingerprint density at radius 2 is 2.12 bits per heavy atom. The first kappa shape index (κ1) is 14.6. The Balaban J connectivity index is 1.71. The van der Waals surface area contributed by atoms with Gasteiger partial charge in [0.1, 0.15) is 5.52 Å². The topological polar surface area (TPSA) is 96.9 Å². The third kappa shape index (κ3) is 2.91. The van der Waals surface area contributed by atoms with E-state index in [2.05, 4.69) is 25.6 Å². The molecule has 0 saturated heterocycles. The number of aromatic amines is 1. The summed E-state index contributed by atoms with van der Waals surface area (Å²) in [6.07, 6.45) is 1.89. The lowest BCUT2D eigenvalue weighted by atomic mass is 10.3. The number of nitrogens with zero attached hydrogens (tertiary/aromatic N) is 4. The number of nitrogens with two attached hydrogens (primary N) is 1. The molecule has 0 amide bonds. The molecule has 8 heteroatoms. The van der Waals surface area contributed by atoms with Crippen LogP contribution in [0.25, 0.3) is 5.52 Å². The number of anilines is 3. The van der Waals surface area contributed by atoms with Crippen LogP contribution < -0.4 is 11.1 Å². The Morgan fingerprint density at radius 1 is 1.21 bits per heavy atom. The van der Waals surface area contributed by atoms with Gasteiger partial charge < -0.3 is 11.1 Å². The Morgan fingerprint density at radius 3 is 2.92 bits per heavy atom. The van der Waals surface area contributed by atoms with Crippen molar-refractivity contribution < 1.29 is 0 Å². The van der Waals surface area contributed by atoms with Gasteiger partial charge in [0.15, 0.2) is 11.6 Å². The molecule has 0 unspecified atom stereocenters. The number of aryl methyl sites for hydroxylation is 1. The van der Waals surface area contributed by atoms with Crippen molar-refractivity contribution in [2.45, 2.75) is 17.0 Å². The summed E-state index contributed by atoms with van der Waals surface area (Å²) in [4.78, 5) is 5.62. The van der Waals surface area contributed by atoms with E-state index in [1.165, 1.54) is 11.8 Å². The quantitative estimate of drug-likeness (QED) is 0.495. The summed E-state index contributed by atoms with van der Waals surface area (Å²) in [6, 6.07) is 13.5. The second-order valence-electron chi connectivity index (χ2n) is 5.32. The maximum absolute atomic E-state index is 5.84. The molecule has 0 aliphatic carbocycles. The molecule has 4 N–H and O–H groups in total. The second-order valence-corrected chi connectivity index (χ2v) is 6.36. The molecule has 0 saturated carbocycles. The third-order valence-electron chi connectivity index (χ3n) is 3.39. The van der Waals surface area contributed by atoms with Crippen molar-refractivity contribution in [2.24, 2.45) is 0 Å². The standard InChI is InChI=1S/C16H15N7S/c1-10-8-14(21-20-10)18-15-13-6-3-7-23(13)22-16(19-15)24-12-5-2-4-11(17)9-12/h2-9H,17H2,1H3,(H2,18,19,20,21,22). The highest BCUT2D eigenvalue weighted by Crippen LogP contribution is 2.28. The third-order valence-corrected chi connectivity index (χ3v) is 4.24. The second kappa shape index (κ2) is 5.89. The van der Waals surface area contributed by atoms with Crippen molar-refractivity contribution in [3.8, 4) is 0 Å². The fourth-order valence-electron chi connectivity index (χ4n) is 2.34. The number of rotatable bonds is 4. The van der Waals surface area contributed by atoms with Crippen molar-refractivity contribution in [1.82, 2.24) is 24.8 Å². The summed E-state index contributed by atoms with van der Waals surface area (Å²) in [5.74, 6) is 1.42. The Hall–Kier alpha value is -3.00. The van der Waals surface area contributed by atoms with Gasteiger partial charge in [-0.15, -0.1) is 5.10 Å². The van der Waals surface area contributed by atoms with E-state index in [-0.39, 0.29) is 0 Å². The van der Waals surface area contributed by atoms with Gasteiger partial charge in [0.2, 0.25) is 5.16 Å². The van der Waals surface area contributed by atoms with Crippen LogP contribution in [0.3, 0.4) is 0 Å². The van der Waals surface area contributed by atoms with E-state index >= 15 is 0 Å². The molecule has 0 fully saturated rings. The van der Waals surface area contributed by atoms with Crippen LogP contribution in [-0.2, 0) is 0 Å². The smallest absolute Gasteiger partial charge is 0.214 e. The van der Waals surface area contributed by atoms with E-state index in [0.717, 1.165) is 16.1 Å². The fourth-order valence-corrected chi connectivity index (χ4v) is 3.15. The fraction of sp³-hybridized carbons (Fsp3) is 0.0625. The van der Waals surface area contributed by atoms with Crippen molar-refractivity contribution >= 4 is 34.6 Å². The lowest BCUT2D eigenvalue weighted by molar-refractivity contribution is 0.801. The summed E-state index contributed by atoms with van der Waals surface area (Å²) in [6.45, 7) is 1.95. The average Bonchev–Trinajstić information content (AvgIpc) is 3.16. The zero-order chi connectivity index (χ0) is 16.5. The van der Waals surface area contributed by atoms with E-state index in [0.29, 0.717) is 22.5 Å². The maximum atomic E-state index is 5.84. The summed E-state index contributed by atoms with van der Waals surface area (Å²) in [7, 11) is 0. The van der Waals surface area contributed by atoms with Crippen LogP contribution in [-0.4, -0.2) is 24.8 Å². The van der Waals surface area contributed by atoms with E-state index in [1.54, 1.807) is 4.52 Å². The van der Waals surface area contributed by atoms with Gasteiger partial charge in [0.25, 0.3) is 0 Å². The monoisotopic (exact) mass is 337 g/mol. The predicted octanol–water partition coefficient (Wildman–Crippen LogP) is 3.24. The number of fused-ring (bicyclic) bond motifs is 1. The van der Waals surface area contributed by atoms with Gasteiger partial charge in [-0.1, -0.05) is 6.07 Å². The van der Waals surface area contributed by atoms with Gasteiger partial charge in [-0.25, -0.2) is 9.50 Å². The first-order chi connectivity index (χ1) is 11.7. The molecule has 0 radical (unpaired) electrons. The van der Waals surface area contributed by atoms with Gasteiger partial charge in [0, 0.05) is 28.5 Å². The molecule has 3 aromatic heterocycles. The van der Waals surface area contributed by atoms with Crippen molar-refractivity contribution in [3.05, 3.63) is 54.4 Å². The van der Waals surface area contributed by atoms with E-state index in [1.807, 2.05) is 55.6 Å². The molecule has 0 spiro atoms. The van der Waals surface area contributed by atoms with Crippen LogP contribution in [0.15, 0.2) is 58.7 Å². The first-order valence-electron chi connectivity index (χ1n) is 7.35. The SMILES string of the molecule is Cc1cc(Nc2nc(Sc3cccc(N)c3)nn3cccc23)n[nH]1. The summed E-state index contributed by atoms with van der Waals surface area (Å²) < 4.78 is 1.80. The molecule has 120 valence electrons. The zero-order valence-electron chi connectivity index (χ0n) is 12.9. The molecular weight excluding hydrogens is 322 g/mol. The summed E-state index contributed by atoms with van der Waals surface area (Å²) >= 11 is 1.46. The van der Waals surface area contributed by atoms with Crippen molar-refractivity contribution in [2.75, 3.05) is 11.1 Å². The average molecular weight is 337 g/mol. The van der Waals surface area contributed by atoms with Crippen molar-refractivity contribution in [3.63, 3.8) is 0 Å². The molecule has 7 nitrogen and oxygen atoms in total. The highest BCUT2D eigenvalue weighted by atomic mass is 32.2. The van der Waals surface area contributed by atoms with Crippen LogP contribution in [0.5, 0.6) is 0 Å². The Bertz CT molecular complexity index is 1000. The molecule has 0 atom stereocenters. The maximum Gasteiger partial charge on any atom is 0.214 e. The van der Waals surface area contributed by atoms with Gasteiger partial charge in [-0.05, 0) is 49.0 Å². The van der Waals surface area contributed by atoms with E-state index in [9.17, 15) is 0 Å². The number of nitrogens with one attached hydrogen (secondary N) is 2. The molecule has 4 rings (SSSR count). The van der Waals surface area contributed by atoms with Crippen LogP contribution in [0.4, 0.5) is 17.3 Å². The highest BCUT2D eigenvalue weighted by molar-refractivity contribution is 7.99. The molecule has 4 aromatic rings. The minimum atomic E-state index is 0.624. The van der Waals surface area contributed by atoms with Crippen molar-refractivity contribution in [1.29, 1.82) is 0 Å². The van der Waals surface area contributed by atoms with Gasteiger partial charge >= 0.3 is 0 Å². The summed E-state index contributed by atoms with van der Waals surface area (Å²) in [5, 5.41) is 15.5. The minimum Gasteiger partial charge on any atom is -0.399 e. The number of hydrogen-bond donors (Lipinski definition) is 3. The normalized spacial score (nSPS) is 11.0. The Kier molecular flexibility index (Phi) is 3.58. The number of nitrogen functional groups attached to an aromatic ring is 1. The van der Waals surface area contributed by atoms with Crippen LogP contribution >= 0.6 is 11.8 Å². The van der Waals surface area contributed by atoms with Crippen LogP contribution in [0, 0.1) is 6.92 Å². The molecule has 0 aliphatic rings. The molecule has 3 heterocycles. The Labute approximate surface area is 142 Å². The van der Waals surface area contributed by atoms with E-state index < -0.39 is 0 Å². The lowest BCUT2D eigenvalue weighted by Gasteiger charge is -2.08. The summed E-state index contributed by atoms with van der Waals surface area (Å²) in [5.41, 5.74) is 8.41. The minimum absolute atomic E-state index is 0.624. The number of aromatic nitrogens is 5. The largest absolute Gasteiger partial charge is 0.399 e. The van der Waals surface area contributed by atoms with Crippen LogP contribution in [0.1, 0.15) is 5.69 Å².